The van der Waals surface area contributed by atoms with Crippen molar-refractivity contribution in [1.82, 2.24) is 15.0 Å². The normalized spacial score (nSPS) is 21.9. The van der Waals surface area contributed by atoms with E-state index >= 15 is 0 Å². The van der Waals surface area contributed by atoms with Crippen LogP contribution in [0.5, 0.6) is 0 Å². The fourth-order valence-electron chi connectivity index (χ4n) is 6.02. The summed E-state index contributed by atoms with van der Waals surface area (Å²) in [6.07, 6.45) is 5.56. The van der Waals surface area contributed by atoms with Gasteiger partial charge in [0.1, 0.15) is 11.5 Å². The highest BCUT2D eigenvalue weighted by molar-refractivity contribution is 6.39. The SMILES string of the molecule is CN(C)C(=O)c1cccc(NC(=O)N2C3CC[C@H]2CC(OCc2c(-c4c(Cl)cccc4Cl)noc2C2CC2)C3)c1. The molecule has 1 saturated carbocycles. The van der Waals surface area contributed by atoms with Crippen molar-refractivity contribution in [3.8, 4) is 11.3 Å². The molecule has 2 aromatic carbocycles. The molecule has 3 aliphatic rings. The summed E-state index contributed by atoms with van der Waals surface area (Å²) in [5, 5.41) is 8.43. The first-order valence-electron chi connectivity index (χ1n) is 13.8. The van der Waals surface area contributed by atoms with Crippen LogP contribution >= 0.6 is 23.2 Å². The molecule has 1 N–H and O–H groups in total. The van der Waals surface area contributed by atoms with Gasteiger partial charge < -0.3 is 24.4 Å². The number of halogens is 2. The zero-order valence-electron chi connectivity index (χ0n) is 22.5. The highest BCUT2D eigenvalue weighted by atomic mass is 35.5. The second kappa shape index (κ2) is 11.1. The minimum absolute atomic E-state index is 0.0131. The molecular weight excluding hydrogens is 551 g/mol. The quantitative estimate of drug-likeness (QED) is 0.325. The van der Waals surface area contributed by atoms with Gasteiger partial charge in [0.15, 0.2) is 0 Å². The molecule has 40 heavy (non-hydrogen) atoms. The lowest BCUT2D eigenvalue weighted by Crippen LogP contribution is -2.50. The largest absolute Gasteiger partial charge is 0.373 e. The molecule has 2 aliphatic heterocycles. The van der Waals surface area contributed by atoms with E-state index in [0.717, 1.165) is 49.8 Å². The first-order valence-corrected chi connectivity index (χ1v) is 14.5. The number of carbonyl (C=O) groups excluding carboxylic acids is 2. The van der Waals surface area contributed by atoms with Crippen LogP contribution in [0.25, 0.3) is 11.3 Å². The van der Waals surface area contributed by atoms with Crippen LogP contribution in [0.15, 0.2) is 47.0 Å². The van der Waals surface area contributed by atoms with Gasteiger partial charge in [0.25, 0.3) is 5.91 Å². The Kier molecular flexibility index (Phi) is 7.50. The van der Waals surface area contributed by atoms with Gasteiger partial charge in [-0.05, 0) is 68.9 Å². The summed E-state index contributed by atoms with van der Waals surface area (Å²) in [6.45, 7) is 0.356. The zero-order chi connectivity index (χ0) is 28.0. The van der Waals surface area contributed by atoms with E-state index < -0.39 is 0 Å². The molecule has 3 heterocycles. The van der Waals surface area contributed by atoms with Crippen molar-refractivity contribution < 1.29 is 18.8 Å². The Balaban J connectivity index is 1.13. The van der Waals surface area contributed by atoms with E-state index in [0.29, 0.717) is 45.1 Å². The Labute approximate surface area is 243 Å². The lowest BCUT2D eigenvalue weighted by atomic mass is 9.99. The number of fused-ring (bicyclic) bond motifs is 2. The molecule has 10 heteroatoms. The number of ether oxygens (including phenoxy) is 1. The number of nitrogens with one attached hydrogen (secondary N) is 1. The predicted octanol–water partition coefficient (Wildman–Crippen LogP) is 6.97. The fraction of sp³-hybridized carbons (Fsp3) is 0.433. The molecule has 8 nitrogen and oxygen atoms in total. The summed E-state index contributed by atoms with van der Waals surface area (Å²) in [7, 11) is 3.42. The van der Waals surface area contributed by atoms with Crippen LogP contribution in [0, 0.1) is 0 Å². The molecule has 3 atom stereocenters. The predicted molar refractivity (Wildman–Crippen MR) is 154 cm³/mol. The Morgan fingerprint density at radius 3 is 2.38 bits per heavy atom. The third kappa shape index (κ3) is 5.32. The van der Waals surface area contributed by atoms with Crippen molar-refractivity contribution in [3.05, 3.63) is 69.4 Å². The Morgan fingerprint density at radius 1 is 1.05 bits per heavy atom. The second-order valence-electron chi connectivity index (χ2n) is 11.2. The maximum Gasteiger partial charge on any atom is 0.322 e. The molecule has 3 fully saturated rings. The lowest BCUT2D eigenvalue weighted by molar-refractivity contribution is -0.0158. The number of urea groups is 1. The summed E-state index contributed by atoms with van der Waals surface area (Å²) < 4.78 is 12.3. The highest BCUT2D eigenvalue weighted by Crippen LogP contribution is 2.46. The van der Waals surface area contributed by atoms with Crippen LogP contribution in [-0.2, 0) is 11.3 Å². The topological polar surface area (TPSA) is 87.9 Å². The molecule has 6 rings (SSSR count). The number of anilines is 1. The molecule has 2 bridgehead atoms. The van der Waals surface area contributed by atoms with Crippen molar-refractivity contribution in [2.75, 3.05) is 19.4 Å². The minimum atomic E-state index is -0.133. The van der Waals surface area contributed by atoms with Crippen LogP contribution < -0.4 is 5.32 Å². The summed E-state index contributed by atoms with van der Waals surface area (Å²) in [4.78, 5) is 29.1. The van der Waals surface area contributed by atoms with Crippen LogP contribution in [0.1, 0.15) is 66.1 Å². The van der Waals surface area contributed by atoms with Crippen molar-refractivity contribution in [2.24, 2.45) is 0 Å². The summed E-state index contributed by atoms with van der Waals surface area (Å²) in [6, 6.07) is 12.5. The molecule has 3 aromatic rings. The number of hydrogen-bond acceptors (Lipinski definition) is 5. The van der Waals surface area contributed by atoms with Gasteiger partial charge in [0, 0.05) is 54.5 Å². The van der Waals surface area contributed by atoms with Crippen molar-refractivity contribution in [1.29, 1.82) is 0 Å². The van der Waals surface area contributed by atoms with Gasteiger partial charge in [-0.1, -0.05) is 40.5 Å². The molecular formula is C30H32Cl2N4O4. The van der Waals surface area contributed by atoms with Crippen LogP contribution in [0.3, 0.4) is 0 Å². The van der Waals surface area contributed by atoms with Crippen LogP contribution in [0.4, 0.5) is 10.5 Å². The number of piperidine rings is 1. The maximum absolute atomic E-state index is 13.3. The second-order valence-corrected chi connectivity index (χ2v) is 12.0. The number of rotatable bonds is 7. The Bertz CT molecular complexity index is 1400. The number of carbonyl (C=O) groups is 2. The van der Waals surface area contributed by atoms with Crippen molar-refractivity contribution >= 4 is 40.8 Å². The monoisotopic (exact) mass is 582 g/mol. The highest BCUT2D eigenvalue weighted by Gasteiger charge is 2.44. The third-order valence-corrected chi connectivity index (χ3v) is 8.75. The molecule has 0 radical (unpaired) electrons. The van der Waals surface area contributed by atoms with E-state index in [1.807, 2.05) is 11.0 Å². The molecule has 210 valence electrons. The van der Waals surface area contributed by atoms with E-state index in [4.69, 9.17) is 32.5 Å². The Hall–Kier alpha value is -3.07. The van der Waals surface area contributed by atoms with Gasteiger partial charge in [-0.15, -0.1) is 0 Å². The number of hydrogen-bond donors (Lipinski definition) is 1. The average Bonchev–Trinajstić information content (AvgIpc) is 3.63. The molecule has 0 spiro atoms. The number of amides is 3. The third-order valence-electron chi connectivity index (χ3n) is 8.12. The van der Waals surface area contributed by atoms with Gasteiger partial charge in [-0.25, -0.2) is 4.79 Å². The minimum Gasteiger partial charge on any atom is -0.373 e. The van der Waals surface area contributed by atoms with E-state index in [-0.39, 0.29) is 30.1 Å². The van der Waals surface area contributed by atoms with E-state index in [9.17, 15) is 9.59 Å². The molecule has 1 aromatic heterocycles. The average molecular weight is 584 g/mol. The Morgan fingerprint density at radius 2 is 1.73 bits per heavy atom. The van der Waals surface area contributed by atoms with E-state index in [1.54, 1.807) is 50.5 Å². The van der Waals surface area contributed by atoms with E-state index in [1.165, 1.54) is 4.90 Å². The standard InChI is InChI=1S/C30H32Cl2N4O4/c1-35(2)29(37)18-5-3-6-19(13-18)33-30(38)36-20-11-12-21(36)15-22(14-20)39-16-23-27(34-40-28(23)17-9-10-17)26-24(31)7-4-8-25(26)32/h3-8,13,17,20-22H,9-12,14-16H2,1-2H3,(H,33,38)/t20-,21?,22?/m0/s1. The fourth-order valence-corrected chi connectivity index (χ4v) is 6.60. The smallest absolute Gasteiger partial charge is 0.322 e. The first kappa shape index (κ1) is 27.1. The number of benzene rings is 2. The van der Waals surface area contributed by atoms with Crippen molar-refractivity contribution in [3.63, 3.8) is 0 Å². The molecule has 2 unspecified atom stereocenters. The van der Waals surface area contributed by atoms with Crippen LogP contribution in [0.2, 0.25) is 10.0 Å². The van der Waals surface area contributed by atoms with Crippen molar-refractivity contribution in [2.45, 2.75) is 69.2 Å². The van der Waals surface area contributed by atoms with Gasteiger partial charge in [0.05, 0.1) is 22.8 Å². The van der Waals surface area contributed by atoms with E-state index in [2.05, 4.69) is 10.5 Å². The maximum atomic E-state index is 13.3. The molecule has 1 aliphatic carbocycles. The molecule has 3 amide bonds. The van der Waals surface area contributed by atoms with Crippen LogP contribution in [-0.4, -0.2) is 59.2 Å². The number of nitrogens with zero attached hydrogens (tertiary/aromatic N) is 3. The van der Waals surface area contributed by atoms with Gasteiger partial charge in [-0.2, -0.15) is 0 Å². The molecule has 2 saturated heterocycles. The zero-order valence-corrected chi connectivity index (χ0v) is 24.0. The van der Waals surface area contributed by atoms with Gasteiger partial charge in [-0.3, -0.25) is 4.79 Å². The van der Waals surface area contributed by atoms with Gasteiger partial charge >= 0.3 is 6.03 Å². The summed E-state index contributed by atoms with van der Waals surface area (Å²) in [5.74, 6) is 1.11. The lowest BCUT2D eigenvalue weighted by Gasteiger charge is -2.38. The first-order chi connectivity index (χ1) is 19.3. The summed E-state index contributed by atoms with van der Waals surface area (Å²) >= 11 is 13.0. The summed E-state index contributed by atoms with van der Waals surface area (Å²) in [5.41, 5.74) is 3.38. The number of aromatic nitrogens is 1. The van der Waals surface area contributed by atoms with Gasteiger partial charge in [0.2, 0.25) is 0 Å².